The summed E-state index contributed by atoms with van der Waals surface area (Å²) in [5.74, 6) is 0.413. The Bertz CT molecular complexity index is 1150. The average molecular weight is 453 g/mol. The van der Waals surface area contributed by atoms with E-state index in [0.717, 1.165) is 23.6 Å². The summed E-state index contributed by atoms with van der Waals surface area (Å²) < 4.78 is 25.2. The monoisotopic (exact) mass is 452 g/mol. The smallest absolute Gasteiger partial charge is 0.238 e. The number of fused-ring (bicyclic) bond motifs is 1. The predicted molar refractivity (Wildman–Crippen MR) is 117 cm³/mol. The molecule has 29 heavy (non-hydrogen) atoms. The number of anilines is 1. The Morgan fingerprint density at radius 1 is 1.28 bits per heavy atom. The molecule has 1 heterocycles. The molecule has 7 nitrogen and oxygen atoms in total. The molecule has 2 aromatic carbocycles. The Labute approximate surface area is 178 Å². The maximum Gasteiger partial charge on any atom is 0.238 e. The molecule has 0 aliphatic carbocycles. The summed E-state index contributed by atoms with van der Waals surface area (Å²) in [5.41, 5.74) is 2.06. The first-order valence-electron chi connectivity index (χ1n) is 8.99. The molecule has 3 aromatic rings. The van der Waals surface area contributed by atoms with Crippen molar-refractivity contribution in [3.8, 4) is 0 Å². The third-order valence-electron chi connectivity index (χ3n) is 4.13. The molecule has 1 aromatic heterocycles. The van der Waals surface area contributed by atoms with Gasteiger partial charge in [-0.1, -0.05) is 36.4 Å². The highest BCUT2D eigenvalue weighted by Crippen LogP contribution is 2.27. The van der Waals surface area contributed by atoms with E-state index in [4.69, 9.17) is 16.7 Å². The molecule has 0 aliphatic rings. The Kier molecular flexibility index (Phi) is 6.84. The first-order valence-corrected chi connectivity index (χ1v) is 11.9. The third kappa shape index (κ3) is 5.51. The molecule has 0 unspecified atom stereocenters. The van der Waals surface area contributed by atoms with Crippen LogP contribution in [0.3, 0.4) is 0 Å². The van der Waals surface area contributed by atoms with Gasteiger partial charge < -0.3 is 9.88 Å². The summed E-state index contributed by atoms with van der Waals surface area (Å²) in [7, 11) is -3.79. The van der Waals surface area contributed by atoms with Crippen molar-refractivity contribution in [2.75, 3.05) is 11.1 Å². The summed E-state index contributed by atoms with van der Waals surface area (Å²) in [6, 6.07) is 11.7. The molecule has 3 N–H and O–H groups in total. The van der Waals surface area contributed by atoms with Crippen LogP contribution in [0.15, 0.2) is 52.5 Å². The van der Waals surface area contributed by atoms with E-state index in [1.807, 2.05) is 4.57 Å². The van der Waals surface area contributed by atoms with Crippen molar-refractivity contribution in [1.82, 2.24) is 9.55 Å². The first kappa shape index (κ1) is 21.6. The van der Waals surface area contributed by atoms with Gasteiger partial charge in [0.2, 0.25) is 15.9 Å². The largest absolute Gasteiger partial charge is 0.326 e. The molecule has 3 rings (SSSR count). The van der Waals surface area contributed by atoms with Crippen molar-refractivity contribution < 1.29 is 13.2 Å². The van der Waals surface area contributed by atoms with E-state index in [-0.39, 0.29) is 10.8 Å². The lowest BCUT2D eigenvalue weighted by Crippen LogP contribution is -2.12. The fourth-order valence-corrected chi connectivity index (χ4v) is 4.54. The van der Waals surface area contributed by atoms with Gasteiger partial charge in [0.25, 0.3) is 0 Å². The first-order chi connectivity index (χ1) is 13.8. The van der Waals surface area contributed by atoms with Crippen LogP contribution in [0.5, 0.6) is 0 Å². The lowest BCUT2D eigenvalue weighted by molar-refractivity contribution is -0.115. The van der Waals surface area contributed by atoms with Crippen molar-refractivity contribution in [2.24, 2.45) is 5.14 Å². The van der Waals surface area contributed by atoms with Crippen molar-refractivity contribution in [2.45, 2.75) is 36.4 Å². The number of carbonyl (C=O) groups excluding carboxylic acids is 1. The van der Waals surface area contributed by atoms with Gasteiger partial charge in [0.15, 0.2) is 5.16 Å². The van der Waals surface area contributed by atoms with Crippen LogP contribution in [0.2, 0.25) is 5.02 Å². The van der Waals surface area contributed by atoms with Gasteiger partial charge in [0.05, 0.1) is 15.9 Å². The number of thioether (sulfide) groups is 1. The zero-order valence-electron chi connectivity index (χ0n) is 15.8. The van der Waals surface area contributed by atoms with Crippen LogP contribution in [0.25, 0.3) is 11.0 Å². The van der Waals surface area contributed by atoms with Crippen molar-refractivity contribution in [3.63, 3.8) is 0 Å². The van der Waals surface area contributed by atoms with Gasteiger partial charge in [-0.15, -0.1) is 0 Å². The SMILES string of the molecule is CCCn1c(SCCC(=O)Nc2cccc(Cl)c2)nc2cc(S(N)(=O)=O)ccc21. The van der Waals surface area contributed by atoms with Gasteiger partial charge in [0, 0.05) is 29.4 Å². The van der Waals surface area contributed by atoms with Crippen molar-refractivity contribution in [3.05, 3.63) is 47.5 Å². The summed E-state index contributed by atoms with van der Waals surface area (Å²) in [4.78, 5) is 16.8. The fraction of sp³-hybridized carbons (Fsp3) is 0.263. The highest BCUT2D eigenvalue weighted by Gasteiger charge is 2.15. The molecule has 0 radical (unpaired) electrons. The van der Waals surface area contributed by atoms with Crippen LogP contribution < -0.4 is 10.5 Å². The van der Waals surface area contributed by atoms with E-state index in [0.29, 0.717) is 28.4 Å². The summed E-state index contributed by atoms with van der Waals surface area (Å²) in [5, 5.41) is 9.33. The standard InChI is InChI=1S/C19H21ClN4O3S2/c1-2-9-24-17-7-6-15(29(21,26)27)12-16(17)23-19(24)28-10-8-18(25)22-14-5-3-4-13(20)11-14/h3-7,11-12H,2,8-10H2,1H3,(H,22,25)(H2,21,26,27). The second-order valence-corrected chi connectivity index (χ2v) is 9.46. The van der Waals surface area contributed by atoms with Crippen LogP contribution >= 0.6 is 23.4 Å². The van der Waals surface area contributed by atoms with Crippen LogP contribution in [-0.2, 0) is 21.4 Å². The van der Waals surface area contributed by atoms with Crippen LogP contribution in [0, 0.1) is 0 Å². The molecule has 0 atom stereocenters. The minimum atomic E-state index is -3.79. The number of amides is 1. The normalized spacial score (nSPS) is 11.7. The van der Waals surface area contributed by atoms with Gasteiger partial charge in [0.1, 0.15) is 0 Å². The van der Waals surface area contributed by atoms with Crippen LogP contribution in [-0.4, -0.2) is 29.6 Å². The summed E-state index contributed by atoms with van der Waals surface area (Å²) >= 11 is 7.38. The van der Waals surface area contributed by atoms with Gasteiger partial charge >= 0.3 is 0 Å². The second-order valence-electron chi connectivity index (χ2n) is 6.40. The maximum absolute atomic E-state index is 12.2. The maximum atomic E-state index is 12.2. The minimum Gasteiger partial charge on any atom is -0.326 e. The summed E-state index contributed by atoms with van der Waals surface area (Å²) in [6.45, 7) is 2.79. The van der Waals surface area contributed by atoms with Gasteiger partial charge in [-0.2, -0.15) is 0 Å². The van der Waals surface area contributed by atoms with Crippen LogP contribution in [0.1, 0.15) is 19.8 Å². The number of sulfonamides is 1. The predicted octanol–water partition coefficient (Wildman–Crippen LogP) is 3.87. The molecule has 0 fully saturated rings. The molecule has 0 saturated carbocycles. The number of halogens is 1. The molecule has 0 aliphatic heterocycles. The Morgan fingerprint density at radius 2 is 2.07 bits per heavy atom. The highest BCUT2D eigenvalue weighted by atomic mass is 35.5. The van der Waals surface area contributed by atoms with Crippen molar-refractivity contribution in [1.29, 1.82) is 0 Å². The number of primary sulfonamides is 1. The Hall–Kier alpha value is -2.07. The molecule has 0 saturated heterocycles. The Morgan fingerprint density at radius 3 is 2.76 bits per heavy atom. The van der Waals surface area contributed by atoms with Crippen LogP contribution in [0.4, 0.5) is 5.69 Å². The minimum absolute atomic E-state index is 0.0311. The quantitative estimate of drug-likeness (QED) is 0.504. The number of nitrogens with zero attached hydrogens (tertiary/aromatic N) is 2. The molecular formula is C19H21ClN4O3S2. The number of hydrogen-bond acceptors (Lipinski definition) is 5. The molecule has 10 heteroatoms. The number of aromatic nitrogens is 2. The number of rotatable bonds is 8. The number of aryl methyl sites for hydroxylation is 1. The van der Waals surface area contributed by atoms with E-state index in [9.17, 15) is 13.2 Å². The molecule has 154 valence electrons. The number of nitrogens with one attached hydrogen (secondary N) is 1. The lowest BCUT2D eigenvalue weighted by atomic mass is 10.3. The second kappa shape index (κ2) is 9.17. The van der Waals surface area contributed by atoms with E-state index < -0.39 is 10.0 Å². The van der Waals surface area contributed by atoms with E-state index >= 15 is 0 Å². The highest BCUT2D eigenvalue weighted by molar-refractivity contribution is 7.99. The fourth-order valence-electron chi connectivity index (χ4n) is 2.84. The van der Waals surface area contributed by atoms with E-state index in [1.165, 1.54) is 23.9 Å². The zero-order chi connectivity index (χ0) is 21.0. The third-order valence-corrected chi connectivity index (χ3v) is 6.25. The van der Waals surface area contributed by atoms with Gasteiger partial charge in [-0.25, -0.2) is 18.5 Å². The lowest BCUT2D eigenvalue weighted by Gasteiger charge is -2.08. The zero-order valence-corrected chi connectivity index (χ0v) is 18.1. The number of imidazole rings is 1. The van der Waals surface area contributed by atoms with Gasteiger partial charge in [-0.05, 0) is 42.8 Å². The number of hydrogen-bond donors (Lipinski definition) is 2. The number of nitrogens with two attached hydrogens (primary N) is 1. The Balaban J connectivity index is 1.71. The average Bonchev–Trinajstić information content (AvgIpc) is 2.98. The van der Waals surface area contributed by atoms with Crippen molar-refractivity contribution >= 4 is 56.0 Å². The topological polar surface area (TPSA) is 107 Å². The number of carbonyl (C=O) groups is 1. The molecule has 0 spiro atoms. The van der Waals surface area contributed by atoms with E-state index in [2.05, 4.69) is 17.2 Å². The summed E-state index contributed by atoms with van der Waals surface area (Å²) in [6.07, 6.45) is 1.19. The number of benzene rings is 2. The molecule has 0 bridgehead atoms. The molecular weight excluding hydrogens is 432 g/mol. The van der Waals surface area contributed by atoms with E-state index in [1.54, 1.807) is 30.3 Å². The van der Waals surface area contributed by atoms with Gasteiger partial charge in [-0.3, -0.25) is 4.79 Å². The molecule has 1 amide bonds.